The first-order valence-corrected chi connectivity index (χ1v) is 5.93. The minimum atomic E-state index is -1.18. The number of carboxylic acids is 4. The molecule has 0 aliphatic heterocycles. The van der Waals surface area contributed by atoms with Crippen molar-refractivity contribution in [2.45, 2.75) is 12.1 Å². The summed E-state index contributed by atoms with van der Waals surface area (Å²) in [4.78, 5) is 37.8. The zero-order valence-corrected chi connectivity index (χ0v) is 12.6. The largest absolute Gasteiger partial charge is 0.480 e. The Hall–Kier alpha value is -2.36. The van der Waals surface area contributed by atoms with Crippen molar-refractivity contribution in [1.29, 1.82) is 0 Å². The Labute approximate surface area is 136 Å². The van der Waals surface area contributed by atoms with Crippen LogP contribution in [0.1, 0.15) is 0 Å². The van der Waals surface area contributed by atoms with Crippen LogP contribution in [0.2, 0.25) is 0 Å². The first kappa shape index (κ1) is 29.6. The Morgan fingerprint density at radius 2 is 0.833 bits per heavy atom. The Kier molecular flexibility index (Phi) is 25.5. The van der Waals surface area contributed by atoms with Crippen molar-refractivity contribution >= 4 is 23.9 Å². The number of aliphatic hydroxyl groups excluding tert-OH is 2. The van der Waals surface area contributed by atoms with E-state index in [9.17, 15) is 19.2 Å². The van der Waals surface area contributed by atoms with E-state index in [1.807, 2.05) is 0 Å². The topological polar surface area (TPSA) is 294 Å². The van der Waals surface area contributed by atoms with Crippen molar-refractivity contribution in [1.82, 2.24) is 0 Å². The summed E-state index contributed by atoms with van der Waals surface area (Å²) in [6.45, 7) is -1.56. The van der Waals surface area contributed by atoms with Crippen molar-refractivity contribution in [3.05, 3.63) is 0 Å². The molecule has 0 aliphatic rings. The van der Waals surface area contributed by atoms with Gasteiger partial charge >= 0.3 is 23.9 Å². The Morgan fingerprint density at radius 1 is 0.667 bits per heavy atom. The summed E-state index contributed by atoms with van der Waals surface area (Å²) in [6, 6.07) is -2.25. The van der Waals surface area contributed by atoms with Crippen LogP contribution in [0.15, 0.2) is 0 Å². The van der Waals surface area contributed by atoms with E-state index in [1.165, 1.54) is 0 Å². The van der Waals surface area contributed by atoms with E-state index in [2.05, 4.69) is 11.5 Å². The second kappa shape index (κ2) is 20.6. The van der Waals surface area contributed by atoms with Crippen molar-refractivity contribution in [2.75, 3.05) is 26.3 Å². The highest BCUT2D eigenvalue weighted by Crippen LogP contribution is 1.71. The minimum absolute atomic E-state index is 0.278. The van der Waals surface area contributed by atoms with E-state index in [4.69, 9.17) is 42.1 Å². The van der Waals surface area contributed by atoms with Gasteiger partial charge in [-0.3, -0.25) is 19.2 Å². The predicted octanol–water partition coefficient (Wildman–Crippen LogP) is -5.16. The number of aliphatic hydroxyl groups is 2. The number of aliphatic carboxylic acids is 4. The standard InChI is InChI=1S/2C3H7NO3.2C2H5NO2/c2*4-2(1-5)3(6)7;2*3-1-2(4)5/h2*2,5H,1,4H2,(H,6,7);2*1,3H2,(H,4,5). The van der Waals surface area contributed by atoms with Gasteiger partial charge in [-0.1, -0.05) is 0 Å². The fourth-order valence-electron chi connectivity index (χ4n) is 0.156. The molecule has 0 aliphatic carbocycles. The summed E-state index contributed by atoms with van der Waals surface area (Å²) in [5.74, 6) is -4.29. The van der Waals surface area contributed by atoms with Gasteiger partial charge in [-0.05, 0) is 0 Å². The molecule has 14 N–H and O–H groups in total. The molecule has 14 nitrogen and oxygen atoms in total. The summed E-state index contributed by atoms with van der Waals surface area (Å²) in [7, 11) is 0. The summed E-state index contributed by atoms with van der Waals surface area (Å²) >= 11 is 0. The molecule has 0 saturated carbocycles. The monoisotopic (exact) mass is 360 g/mol. The fourth-order valence-corrected chi connectivity index (χ4v) is 0.156. The van der Waals surface area contributed by atoms with Crippen LogP contribution in [0.4, 0.5) is 0 Å². The normalized spacial score (nSPS) is 10.9. The molecule has 14 heteroatoms. The third-order valence-electron chi connectivity index (χ3n) is 1.38. The minimum Gasteiger partial charge on any atom is -0.480 e. The van der Waals surface area contributed by atoms with E-state index in [-0.39, 0.29) is 13.1 Å². The van der Waals surface area contributed by atoms with Crippen LogP contribution in [0, 0.1) is 0 Å². The molecule has 0 spiro atoms. The summed E-state index contributed by atoms with van der Waals surface area (Å²) in [5, 5.41) is 47.0. The van der Waals surface area contributed by atoms with Crippen molar-refractivity contribution in [3.63, 3.8) is 0 Å². The molecular formula is C10H24N4O10. The van der Waals surface area contributed by atoms with Gasteiger partial charge in [0, 0.05) is 0 Å². The lowest BCUT2D eigenvalue weighted by atomic mass is 10.3. The van der Waals surface area contributed by atoms with Crippen LogP contribution in [0.5, 0.6) is 0 Å². The second-order valence-electron chi connectivity index (χ2n) is 3.45. The van der Waals surface area contributed by atoms with Crippen LogP contribution in [0.25, 0.3) is 0 Å². The van der Waals surface area contributed by atoms with Gasteiger partial charge in [0.15, 0.2) is 0 Å². The second-order valence-corrected chi connectivity index (χ2v) is 3.45. The molecule has 0 aromatic carbocycles. The van der Waals surface area contributed by atoms with Crippen LogP contribution < -0.4 is 22.9 Å². The quantitative estimate of drug-likeness (QED) is 0.212. The van der Waals surface area contributed by atoms with E-state index in [0.717, 1.165) is 0 Å². The molecule has 0 aromatic rings. The molecule has 0 amide bonds. The van der Waals surface area contributed by atoms with Crippen LogP contribution >= 0.6 is 0 Å². The lowest BCUT2D eigenvalue weighted by Crippen LogP contribution is -2.33. The van der Waals surface area contributed by atoms with Crippen molar-refractivity contribution in [2.24, 2.45) is 22.9 Å². The molecule has 2 unspecified atom stereocenters. The highest BCUT2D eigenvalue weighted by atomic mass is 16.4. The van der Waals surface area contributed by atoms with Crippen molar-refractivity contribution < 1.29 is 49.8 Å². The van der Waals surface area contributed by atoms with Gasteiger partial charge in [-0.2, -0.15) is 0 Å². The fraction of sp³-hybridized carbons (Fsp3) is 0.600. The Balaban J connectivity index is -0.000000113. The number of rotatable bonds is 6. The molecule has 0 saturated heterocycles. The van der Waals surface area contributed by atoms with Crippen LogP contribution in [0.3, 0.4) is 0 Å². The number of carbonyl (C=O) groups is 4. The molecular weight excluding hydrogens is 336 g/mol. The maximum atomic E-state index is 9.65. The zero-order chi connectivity index (χ0) is 20.3. The first-order valence-electron chi connectivity index (χ1n) is 5.93. The highest BCUT2D eigenvalue weighted by molar-refractivity contribution is 5.73. The van der Waals surface area contributed by atoms with Gasteiger partial charge in [0.25, 0.3) is 0 Å². The zero-order valence-electron chi connectivity index (χ0n) is 12.6. The Bertz CT molecular complexity index is 332. The lowest BCUT2D eigenvalue weighted by Gasteiger charge is -1.96. The summed E-state index contributed by atoms with van der Waals surface area (Å²) < 4.78 is 0. The Morgan fingerprint density at radius 3 is 0.833 bits per heavy atom. The maximum Gasteiger partial charge on any atom is 0.322 e. The smallest absolute Gasteiger partial charge is 0.322 e. The molecule has 144 valence electrons. The predicted molar refractivity (Wildman–Crippen MR) is 78.8 cm³/mol. The molecule has 0 rings (SSSR count). The van der Waals surface area contributed by atoms with E-state index < -0.39 is 49.2 Å². The third-order valence-corrected chi connectivity index (χ3v) is 1.38. The van der Waals surface area contributed by atoms with Gasteiger partial charge < -0.3 is 53.6 Å². The van der Waals surface area contributed by atoms with Crippen LogP contribution in [-0.2, 0) is 19.2 Å². The first-order chi connectivity index (χ1) is 10.9. The summed E-state index contributed by atoms with van der Waals surface area (Å²) in [5.41, 5.74) is 18.7. The van der Waals surface area contributed by atoms with Crippen LogP contribution in [-0.4, -0.2) is 92.9 Å². The number of nitrogens with two attached hydrogens (primary N) is 4. The molecule has 0 radical (unpaired) electrons. The van der Waals surface area contributed by atoms with E-state index in [1.54, 1.807) is 0 Å². The molecule has 24 heavy (non-hydrogen) atoms. The van der Waals surface area contributed by atoms with Gasteiger partial charge in [-0.15, -0.1) is 0 Å². The average Bonchev–Trinajstić information content (AvgIpc) is 2.54. The number of carboxylic acid groups (broad SMARTS) is 4. The highest BCUT2D eigenvalue weighted by Gasteiger charge is 2.07. The molecule has 0 aromatic heterocycles. The third kappa shape index (κ3) is 36.7. The number of hydrogen-bond donors (Lipinski definition) is 10. The van der Waals surface area contributed by atoms with Crippen molar-refractivity contribution in [3.8, 4) is 0 Å². The molecule has 0 bridgehead atoms. The molecule has 0 fully saturated rings. The molecule has 2 atom stereocenters. The van der Waals surface area contributed by atoms with Gasteiger partial charge in [0.05, 0.1) is 26.3 Å². The summed E-state index contributed by atoms with van der Waals surface area (Å²) in [6.07, 6.45) is 0. The van der Waals surface area contributed by atoms with Gasteiger partial charge in [0.1, 0.15) is 12.1 Å². The number of hydrogen-bond acceptors (Lipinski definition) is 10. The van der Waals surface area contributed by atoms with Gasteiger partial charge in [0.2, 0.25) is 0 Å². The van der Waals surface area contributed by atoms with E-state index in [0.29, 0.717) is 0 Å². The van der Waals surface area contributed by atoms with E-state index >= 15 is 0 Å². The van der Waals surface area contributed by atoms with Gasteiger partial charge in [-0.25, -0.2) is 0 Å². The molecule has 0 heterocycles. The maximum absolute atomic E-state index is 9.65. The SMILES string of the molecule is NC(CO)C(=O)O.NC(CO)C(=O)O.NCC(=O)O.NCC(=O)O. The lowest BCUT2D eigenvalue weighted by molar-refractivity contribution is -0.140. The average molecular weight is 360 g/mol.